The number of likely N-dealkylation sites (tertiary alicyclic amines) is 1. The minimum atomic E-state index is -0.850. The second kappa shape index (κ2) is 6.72. The van der Waals surface area contributed by atoms with Crippen molar-refractivity contribution in [1.29, 1.82) is 0 Å². The van der Waals surface area contributed by atoms with E-state index in [1.807, 2.05) is 12.3 Å². The van der Waals surface area contributed by atoms with Crippen LogP contribution in [0.3, 0.4) is 0 Å². The third kappa shape index (κ3) is 3.44. The van der Waals surface area contributed by atoms with Crippen LogP contribution in [0.1, 0.15) is 30.0 Å². The van der Waals surface area contributed by atoms with E-state index >= 15 is 0 Å². The molecule has 1 aliphatic rings. The third-order valence-corrected chi connectivity index (χ3v) is 4.98. The van der Waals surface area contributed by atoms with Gasteiger partial charge in [-0.1, -0.05) is 6.07 Å². The summed E-state index contributed by atoms with van der Waals surface area (Å²) in [4.78, 5) is 16.7. The number of fused-ring (bicyclic) bond motifs is 1. The number of aromatic amines is 1. The Morgan fingerprint density at radius 1 is 1.32 bits per heavy atom. The number of H-pyrrole nitrogens is 1. The van der Waals surface area contributed by atoms with Gasteiger partial charge in [0.05, 0.1) is 0 Å². The first-order valence-corrected chi connectivity index (χ1v) is 8.71. The number of aromatic nitrogens is 3. The number of nitrogens with one attached hydrogen (secondary N) is 1. The molecule has 1 atom stereocenters. The van der Waals surface area contributed by atoms with Crippen LogP contribution in [0.2, 0.25) is 0 Å². The SMILES string of the molecule is O=C(O)Cn1nccc1[C@@H]1CCCN(Cc2ccc3[nH]ccc3c2)C1. The van der Waals surface area contributed by atoms with Crippen molar-refractivity contribution in [1.82, 2.24) is 19.7 Å². The number of carboxylic acid groups (broad SMARTS) is 1. The lowest BCUT2D eigenvalue weighted by molar-refractivity contribution is -0.137. The largest absolute Gasteiger partial charge is 0.480 e. The summed E-state index contributed by atoms with van der Waals surface area (Å²) >= 11 is 0. The molecule has 6 heteroatoms. The number of hydrogen-bond acceptors (Lipinski definition) is 3. The summed E-state index contributed by atoms with van der Waals surface area (Å²) in [5.74, 6) is -0.510. The van der Waals surface area contributed by atoms with E-state index in [4.69, 9.17) is 5.11 Å². The maximum Gasteiger partial charge on any atom is 0.325 e. The van der Waals surface area contributed by atoms with Crippen molar-refractivity contribution < 1.29 is 9.90 Å². The van der Waals surface area contributed by atoms with Crippen molar-refractivity contribution in [3.05, 3.63) is 54.0 Å². The molecule has 3 aromatic rings. The zero-order valence-electron chi connectivity index (χ0n) is 14.1. The van der Waals surface area contributed by atoms with Crippen LogP contribution in [0.15, 0.2) is 42.7 Å². The van der Waals surface area contributed by atoms with E-state index in [2.05, 4.69) is 39.2 Å². The van der Waals surface area contributed by atoms with E-state index in [0.29, 0.717) is 5.92 Å². The number of hydrogen-bond donors (Lipinski definition) is 2. The summed E-state index contributed by atoms with van der Waals surface area (Å²) in [6.07, 6.45) is 5.88. The summed E-state index contributed by atoms with van der Waals surface area (Å²) in [5.41, 5.74) is 3.51. The molecule has 0 aliphatic carbocycles. The summed E-state index contributed by atoms with van der Waals surface area (Å²) in [6, 6.07) is 10.6. The summed E-state index contributed by atoms with van der Waals surface area (Å²) in [7, 11) is 0. The van der Waals surface area contributed by atoms with Crippen LogP contribution in [0.5, 0.6) is 0 Å². The molecule has 0 spiro atoms. The number of nitrogens with zero attached hydrogens (tertiary/aromatic N) is 3. The molecule has 2 N–H and O–H groups in total. The minimum Gasteiger partial charge on any atom is -0.480 e. The van der Waals surface area contributed by atoms with Gasteiger partial charge < -0.3 is 10.1 Å². The topological polar surface area (TPSA) is 74.2 Å². The highest BCUT2D eigenvalue weighted by molar-refractivity contribution is 5.79. The van der Waals surface area contributed by atoms with Crippen LogP contribution in [0, 0.1) is 0 Å². The lowest BCUT2D eigenvalue weighted by atomic mass is 9.94. The van der Waals surface area contributed by atoms with Gasteiger partial charge in [-0.05, 0) is 54.6 Å². The van der Waals surface area contributed by atoms with Crippen molar-refractivity contribution in [2.45, 2.75) is 31.8 Å². The lowest BCUT2D eigenvalue weighted by Gasteiger charge is -2.33. The van der Waals surface area contributed by atoms with Crippen LogP contribution in [0.4, 0.5) is 0 Å². The molecule has 1 aromatic carbocycles. The molecule has 0 radical (unpaired) electrons. The Labute approximate surface area is 146 Å². The highest BCUT2D eigenvalue weighted by Crippen LogP contribution is 2.28. The van der Waals surface area contributed by atoms with E-state index in [-0.39, 0.29) is 6.54 Å². The number of carbonyl (C=O) groups is 1. The number of aliphatic carboxylic acids is 1. The molecule has 6 nitrogen and oxygen atoms in total. The molecule has 1 saturated heterocycles. The molecule has 0 unspecified atom stereocenters. The number of carboxylic acids is 1. The zero-order valence-corrected chi connectivity index (χ0v) is 14.1. The maximum atomic E-state index is 11.0. The van der Waals surface area contributed by atoms with E-state index in [1.165, 1.54) is 10.9 Å². The molecule has 0 saturated carbocycles. The highest BCUT2D eigenvalue weighted by Gasteiger charge is 2.24. The van der Waals surface area contributed by atoms with Crippen LogP contribution in [-0.4, -0.2) is 43.8 Å². The van der Waals surface area contributed by atoms with E-state index < -0.39 is 5.97 Å². The minimum absolute atomic E-state index is 0.0665. The quantitative estimate of drug-likeness (QED) is 0.750. The molecule has 1 aliphatic heterocycles. The zero-order chi connectivity index (χ0) is 17.2. The van der Waals surface area contributed by atoms with Gasteiger partial charge in [-0.3, -0.25) is 14.4 Å². The monoisotopic (exact) mass is 338 g/mol. The molecule has 1 fully saturated rings. The van der Waals surface area contributed by atoms with E-state index in [0.717, 1.165) is 43.7 Å². The van der Waals surface area contributed by atoms with Gasteiger partial charge >= 0.3 is 5.97 Å². The first-order chi connectivity index (χ1) is 12.2. The second-order valence-electron chi connectivity index (χ2n) is 6.78. The molecule has 25 heavy (non-hydrogen) atoms. The first-order valence-electron chi connectivity index (χ1n) is 8.71. The van der Waals surface area contributed by atoms with Crippen LogP contribution in [0.25, 0.3) is 10.9 Å². The normalized spacial score (nSPS) is 18.6. The van der Waals surface area contributed by atoms with Crippen molar-refractivity contribution >= 4 is 16.9 Å². The van der Waals surface area contributed by atoms with Gasteiger partial charge in [0.1, 0.15) is 6.54 Å². The van der Waals surface area contributed by atoms with Gasteiger partial charge in [0.25, 0.3) is 0 Å². The molecule has 4 rings (SSSR count). The van der Waals surface area contributed by atoms with Gasteiger partial charge in [-0.25, -0.2) is 0 Å². The molecule has 3 heterocycles. The Hall–Kier alpha value is -2.60. The van der Waals surface area contributed by atoms with Crippen molar-refractivity contribution in [3.63, 3.8) is 0 Å². The van der Waals surface area contributed by atoms with Crippen molar-refractivity contribution in [2.24, 2.45) is 0 Å². The Morgan fingerprint density at radius 2 is 2.24 bits per heavy atom. The van der Waals surface area contributed by atoms with Crippen molar-refractivity contribution in [3.8, 4) is 0 Å². The number of piperidine rings is 1. The predicted octanol–water partition coefficient (Wildman–Crippen LogP) is 2.83. The predicted molar refractivity (Wildman–Crippen MR) is 95.4 cm³/mol. The third-order valence-electron chi connectivity index (χ3n) is 4.98. The average Bonchev–Trinajstić information content (AvgIpc) is 3.23. The van der Waals surface area contributed by atoms with Crippen LogP contribution < -0.4 is 0 Å². The summed E-state index contributed by atoms with van der Waals surface area (Å²) < 4.78 is 1.63. The fraction of sp³-hybridized carbons (Fsp3) is 0.368. The van der Waals surface area contributed by atoms with Crippen LogP contribution >= 0.6 is 0 Å². The Balaban J connectivity index is 1.47. The smallest absolute Gasteiger partial charge is 0.325 e. The molecule has 130 valence electrons. The highest BCUT2D eigenvalue weighted by atomic mass is 16.4. The molecule has 2 aromatic heterocycles. The fourth-order valence-electron chi connectivity index (χ4n) is 3.85. The van der Waals surface area contributed by atoms with Gasteiger partial charge in [-0.2, -0.15) is 5.10 Å². The average molecular weight is 338 g/mol. The Bertz CT molecular complexity index is 882. The Morgan fingerprint density at radius 3 is 3.12 bits per heavy atom. The Kier molecular flexibility index (Phi) is 4.28. The second-order valence-corrected chi connectivity index (χ2v) is 6.78. The van der Waals surface area contributed by atoms with Gasteiger partial charge in [0.2, 0.25) is 0 Å². The standard InChI is InChI=1S/C19H22N4O2/c24-19(25)13-23-18(6-8-21-23)16-2-1-9-22(12-16)11-14-3-4-17-15(10-14)5-7-20-17/h3-8,10,16,20H,1-2,9,11-13H2,(H,24,25)/t16-/m1/s1. The molecule has 0 bridgehead atoms. The summed E-state index contributed by atoms with van der Waals surface area (Å²) in [5, 5.41) is 14.5. The van der Waals surface area contributed by atoms with E-state index in [9.17, 15) is 4.79 Å². The fourth-order valence-corrected chi connectivity index (χ4v) is 3.85. The molecular formula is C19H22N4O2. The number of rotatable bonds is 5. The number of benzene rings is 1. The molecule has 0 amide bonds. The maximum absolute atomic E-state index is 11.0. The van der Waals surface area contributed by atoms with Gasteiger partial charge in [0.15, 0.2) is 0 Å². The van der Waals surface area contributed by atoms with Crippen LogP contribution in [-0.2, 0) is 17.9 Å². The lowest BCUT2D eigenvalue weighted by Crippen LogP contribution is -2.35. The summed E-state index contributed by atoms with van der Waals surface area (Å²) in [6.45, 7) is 2.87. The molecular weight excluding hydrogens is 316 g/mol. The van der Waals surface area contributed by atoms with Crippen molar-refractivity contribution in [2.75, 3.05) is 13.1 Å². The van der Waals surface area contributed by atoms with Gasteiger partial charge in [0, 0.05) is 42.6 Å². The van der Waals surface area contributed by atoms with E-state index in [1.54, 1.807) is 10.9 Å². The first kappa shape index (κ1) is 15.9. The van der Waals surface area contributed by atoms with Gasteiger partial charge in [-0.15, -0.1) is 0 Å².